The largest absolute Gasteiger partial charge is 0.508 e. The lowest BCUT2D eigenvalue weighted by Gasteiger charge is -1.96. The number of halogens is 3. The lowest BCUT2D eigenvalue weighted by atomic mass is 10.3. The van der Waals surface area contributed by atoms with Crippen molar-refractivity contribution in [3.63, 3.8) is 0 Å². The zero-order chi connectivity index (χ0) is 10.3. The zero-order valence-corrected chi connectivity index (χ0v) is 6.67. The molecule has 1 aromatic heterocycles. The van der Waals surface area contributed by atoms with Gasteiger partial charge in [0.05, 0.1) is 0 Å². The standard InChI is InChI=1S/C8H4F3NO2/c9-8(10,11)7-12-5-3-4(13)1-2-6(5)14-7/h1-3,13H. The summed E-state index contributed by atoms with van der Waals surface area (Å²) in [5, 5.41) is 8.98. The average molecular weight is 203 g/mol. The number of rotatable bonds is 0. The molecule has 0 fully saturated rings. The second-order valence-corrected chi connectivity index (χ2v) is 2.67. The minimum atomic E-state index is -4.60. The van der Waals surface area contributed by atoms with Crippen molar-refractivity contribution in [2.45, 2.75) is 6.18 Å². The van der Waals surface area contributed by atoms with Crippen LogP contribution in [0, 0.1) is 0 Å². The predicted octanol–water partition coefficient (Wildman–Crippen LogP) is 2.55. The van der Waals surface area contributed by atoms with E-state index in [0.717, 1.165) is 6.07 Å². The maximum Gasteiger partial charge on any atom is 0.468 e. The first-order valence-corrected chi connectivity index (χ1v) is 3.63. The molecule has 3 nitrogen and oxygen atoms in total. The first-order valence-electron chi connectivity index (χ1n) is 3.63. The highest BCUT2D eigenvalue weighted by Gasteiger charge is 2.37. The van der Waals surface area contributed by atoms with Crippen LogP contribution >= 0.6 is 0 Å². The number of benzene rings is 1. The van der Waals surface area contributed by atoms with Crippen molar-refractivity contribution in [2.75, 3.05) is 0 Å². The maximum absolute atomic E-state index is 12.1. The molecule has 0 aliphatic heterocycles. The molecule has 0 saturated carbocycles. The molecule has 14 heavy (non-hydrogen) atoms. The highest BCUT2D eigenvalue weighted by Crippen LogP contribution is 2.31. The van der Waals surface area contributed by atoms with Gasteiger partial charge in [-0.15, -0.1) is 0 Å². The summed E-state index contributed by atoms with van der Waals surface area (Å²) in [6, 6.07) is 3.56. The molecule has 74 valence electrons. The number of aromatic hydroxyl groups is 1. The maximum atomic E-state index is 12.1. The number of phenols is 1. The molecule has 0 amide bonds. The summed E-state index contributed by atoms with van der Waals surface area (Å²) >= 11 is 0. The van der Waals surface area contributed by atoms with Gasteiger partial charge in [0.25, 0.3) is 0 Å². The van der Waals surface area contributed by atoms with E-state index < -0.39 is 12.1 Å². The van der Waals surface area contributed by atoms with Crippen LogP contribution in [0.15, 0.2) is 22.6 Å². The minimum absolute atomic E-state index is 0.00451. The van der Waals surface area contributed by atoms with E-state index in [0.29, 0.717) is 0 Å². The van der Waals surface area contributed by atoms with Crippen LogP contribution in [0.1, 0.15) is 5.89 Å². The van der Waals surface area contributed by atoms with Crippen molar-refractivity contribution >= 4 is 11.1 Å². The Morgan fingerprint density at radius 2 is 2.00 bits per heavy atom. The first-order chi connectivity index (χ1) is 6.47. The van der Waals surface area contributed by atoms with E-state index in [1.54, 1.807) is 0 Å². The van der Waals surface area contributed by atoms with Crippen LogP contribution in [0.4, 0.5) is 13.2 Å². The Morgan fingerprint density at radius 3 is 2.64 bits per heavy atom. The topological polar surface area (TPSA) is 46.3 Å². The Labute approximate surface area is 75.8 Å². The van der Waals surface area contributed by atoms with Gasteiger partial charge in [0.1, 0.15) is 11.3 Å². The van der Waals surface area contributed by atoms with Crippen LogP contribution in [-0.4, -0.2) is 10.1 Å². The van der Waals surface area contributed by atoms with Gasteiger partial charge in [0.15, 0.2) is 5.58 Å². The number of fused-ring (bicyclic) bond motifs is 1. The molecular formula is C8H4F3NO2. The molecule has 0 aliphatic carbocycles. The number of phenolic OH excluding ortho intramolecular Hbond substituents is 1. The smallest absolute Gasteiger partial charge is 0.468 e. The Morgan fingerprint density at radius 1 is 1.29 bits per heavy atom. The molecule has 1 aromatic carbocycles. The van der Waals surface area contributed by atoms with Crippen LogP contribution in [0.3, 0.4) is 0 Å². The number of nitrogens with zero attached hydrogens (tertiary/aromatic N) is 1. The van der Waals surface area contributed by atoms with Crippen LogP contribution in [0.5, 0.6) is 5.75 Å². The number of oxazole rings is 1. The summed E-state index contributed by atoms with van der Waals surface area (Å²) in [4.78, 5) is 3.19. The van der Waals surface area contributed by atoms with Gasteiger partial charge < -0.3 is 9.52 Å². The summed E-state index contributed by atoms with van der Waals surface area (Å²) in [5.41, 5.74) is -0.0209. The first kappa shape index (κ1) is 8.86. The van der Waals surface area contributed by atoms with Crippen LogP contribution in [0.2, 0.25) is 0 Å². The Hall–Kier alpha value is -1.72. The summed E-state index contributed by atoms with van der Waals surface area (Å²) in [7, 11) is 0. The van der Waals surface area contributed by atoms with E-state index in [1.165, 1.54) is 12.1 Å². The molecule has 2 rings (SSSR count). The van der Waals surface area contributed by atoms with Crippen molar-refractivity contribution in [3.8, 4) is 5.75 Å². The van der Waals surface area contributed by atoms with E-state index in [9.17, 15) is 13.2 Å². The van der Waals surface area contributed by atoms with Gasteiger partial charge >= 0.3 is 12.1 Å². The Kier molecular flexibility index (Phi) is 1.67. The van der Waals surface area contributed by atoms with Gasteiger partial charge in [-0.3, -0.25) is 0 Å². The van der Waals surface area contributed by atoms with E-state index in [4.69, 9.17) is 5.11 Å². The third-order valence-electron chi connectivity index (χ3n) is 1.61. The van der Waals surface area contributed by atoms with E-state index >= 15 is 0 Å². The van der Waals surface area contributed by atoms with Gasteiger partial charge in [-0.25, -0.2) is 4.98 Å². The fourth-order valence-corrected chi connectivity index (χ4v) is 1.04. The SMILES string of the molecule is Oc1ccc2oc(C(F)(F)F)nc2c1. The fraction of sp³-hybridized carbons (Fsp3) is 0.125. The summed E-state index contributed by atoms with van der Waals surface area (Å²) < 4.78 is 40.8. The molecule has 0 atom stereocenters. The van der Waals surface area contributed by atoms with E-state index in [1.807, 2.05) is 0 Å². The second-order valence-electron chi connectivity index (χ2n) is 2.67. The molecule has 0 bridgehead atoms. The Balaban J connectivity index is 2.63. The second kappa shape index (κ2) is 2.63. The molecule has 1 heterocycles. The minimum Gasteiger partial charge on any atom is -0.508 e. The normalized spacial score (nSPS) is 12.2. The third-order valence-corrected chi connectivity index (χ3v) is 1.61. The van der Waals surface area contributed by atoms with Crippen LogP contribution < -0.4 is 0 Å². The lowest BCUT2D eigenvalue weighted by Crippen LogP contribution is -2.04. The van der Waals surface area contributed by atoms with Gasteiger partial charge in [-0.2, -0.15) is 13.2 Å². The summed E-state index contributed by atoms with van der Waals surface area (Å²) in [6.07, 6.45) is -4.60. The number of hydrogen-bond acceptors (Lipinski definition) is 3. The van der Waals surface area contributed by atoms with E-state index in [2.05, 4.69) is 9.40 Å². The molecule has 0 aliphatic rings. The average Bonchev–Trinajstić information content (AvgIpc) is 2.45. The van der Waals surface area contributed by atoms with Crippen molar-refractivity contribution in [1.29, 1.82) is 0 Å². The van der Waals surface area contributed by atoms with Gasteiger partial charge in [-0.05, 0) is 12.1 Å². The monoisotopic (exact) mass is 203 g/mol. The number of aromatic nitrogens is 1. The van der Waals surface area contributed by atoms with Crippen LogP contribution in [0.25, 0.3) is 11.1 Å². The third kappa shape index (κ3) is 1.39. The number of alkyl halides is 3. The molecule has 6 heteroatoms. The highest BCUT2D eigenvalue weighted by molar-refractivity contribution is 5.74. The molecule has 0 unspecified atom stereocenters. The van der Waals surface area contributed by atoms with Crippen molar-refractivity contribution < 1.29 is 22.7 Å². The van der Waals surface area contributed by atoms with Crippen LogP contribution in [-0.2, 0) is 6.18 Å². The van der Waals surface area contributed by atoms with Gasteiger partial charge in [-0.1, -0.05) is 0 Å². The Bertz CT molecular complexity index is 475. The zero-order valence-electron chi connectivity index (χ0n) is 6.67. The fourth-order valence-electron chi connectivity index (χ4n) is 1.04. The molecule has 1 N–H and O–H groups in total. The van der Waals surface area contributed by atoms with Crippen molar-refractivity contribution in [3.05, 3.63) is 24.1 Å². The molecule has 0 radical (unpaired) electrons. The van der Waals surface area contributed by atoms with Gasteiger partial charge in [0.2, 0.25) is 0 Å². The molecular weight excluding hydrogens is 199 g/mol. The van der Waals surface area contributed by atoms with E-state index in [-0.39, 0.29) is 16.8 Å². The number of hydrogen-bond donors (Lipinski definition) is 1. The quantitative estimate of drug-likeness (QED) is 0.715. The van der Waals surface area contributed by atoms with Crippen molar-refractivity contribution in [2.24, 2.45) is 0 Å². The summed E-state index contributed by atoms with van der Waals surface area (Å²) in [6.45, 7) is 0. The highest BCUT2D eigenvalue weighted by atomic mass is 19.4. The summed E-state index contributed by atoms with van der Waals surface area (Å²) in [5.74, 6) is -1.46. The molecule has 0 saturated heterocycles. The predicted molar refractivity (Wildman–Crippen MR) is 40.7 cm³/mol. The molecule has 2 aromatic rings. The van der Waals surface area contributed by atoms with Crippen molar-refractivity contribution in [1.82, 2.24) is 4.98 Å². The molecule has 0 spiro atoms. The lowest BCUT2D eigenvalue weighted by molar-refractivity contribution is -0.156. The van der Waals surface area contributed by atoms with Gasteiger partial charge in [0, 0.05) is 6.07 Å².